The minimum atomic E-state index is -4.81. The lowest BCUT2D eigenvalue weighted by atomic mass is 9.99. The van der Waals surface area contributed by atoms with Gasteiger partial charge in [-0.15, -0.1) is 0 Å². The highest BCUT2D eigenvalue weighted by Gasteiger charge is 2.43. The first-order chi connectivity index (χ1) is 16.8. The Labute approximate surface area is 214 Å². The number of hydrogen-bond acceptors (Lipinski definition) is 2. The van der Waals surface area contributed by atoms with Crippen LogP contribution in [0.5, 0.6) is 0 Å². The van der Waals surface area contributed by atoms with Crippen LogP contribution in [-0.4, -0.2) is 43.2 Å². The maximum atomic E-state index is 15.1. The van der Waals surface area contributed by atoms with Gasteiger partial charge in [0.15, 0.2) is 0 Å². The monoisotopic (exact) mass is 540 g/mol. The van der Waals surface area contributed by atoms with Crippen molar-refractivity contribution in [2.24, 2.45) is 0 Å². The molecule has 10 heteroatoms. The molecule has 2 aromatic carbocycles. The molecule has 1 amide bonds. The van der Waals surface area contributed by atoms with Crippen molar-refractivity contribution in [3.8, 4) is 11.1 Å². The standard InChI is InChI=1S/C26H25ClF4N2O2S/c1-16-21(19-10-9-18(27)13-20(19)28)22(24(34)32-11-12-36(35)25(2,3)15-32)33(23(16)26(29,30)31)14-17-7-5-4-6-8-17/h4-10,13H,11-12,14-15H2,1-3H3. The van der Waals surface area contributed by atoms with Gasteiger partial charge >= 0.3 is 6.18 Å². The molecule has 0 bridgehead atoms. The number of hydrogen-bond donors (Lipinski definition) is 0. The van der Waals surface area contributed by atoms with Gasteiger partial charge in [0.25, 0.3) is 5.91 Å². The van der Waals surface area contributed by atoms with Crippen molar-refractivity contribution in [1.29, 1.82) is 0 Å². The number of amides is 1. The van der Waals surface area contributed by atoms with E-state index in [0.29, 0.717) is 5.56 Å². The summed E-state index contributed by atoms with van der Waals surface area (Å²) in [5, 5.41) is 0.0850. The molecule has 1 unspecified atom stereocenters. The molecule has 1 saturated heterocycles. The van der Waals surface area contributed by atoms with Crippen molar-refractivity contribution in [1.82, 2.24) is 9.47 Å². The van der Waals surface area contributed by atoms with Crippen LogP contribution in [0, 0.1) is 12.7 Å². The maximum Gasteiger partial charge on any atom is 0.431 e. The summed E-state index contributed by atoms with van der Waals surface area (Å²) in [5.41, 5.74) is -1.23. The fourth-order valence-corrected chi connectivity index (χ4v) is 6.08. The van der Waals surface area contributed by atoms with E-state index in [4.69, 9.17) is 11.6 Å². The Morgan fingerprint density at radius 1 is 1.14 bits per heavy atom. The third-order valence-electron chi connectivity index (χ3n) is 6.38. The molecule has 2 heterocycles. The van der Waals surface area contributed by atoms with Crippen LogP contribution >= 0.6 is 11.6 Å². The summed E-state index contributed by atoms with van der Waals surface area (Å²) in [6.07, 6.45) is -4.81. The number of carbonyl (C=O) groups is 1. The molecule has 1 aliphatic rings. The van der Waals surface area contributed by atoms with E-state index < -0.39 is 39.1 Å². The summed E-state index contributed by atoms with van der Waals surface area (Å²) in [4.78, 5) is 15.4. The number of benzene rings is 2. The quantitative estimate of drug-likeness (QED) is 0.364. The third kappa shape index (κ3) is 4.95. The molecule has 4 rings (SSSR count). The van der Waals surface area contributed by atoms with Gasteiger partial charge in [0.2, 0.25) is 0 Å². The fraction of sp³-hybridized carbons (Fsp3) is 0.346. The van der Waals surface area contributed by atoms with Gasteiger partial charge in [-0.25, -0.2) is 4.39 Å². The molecule has 1 fully saturated rings. The van der Waals surface area contributed by atoms with Gasteiger partial charge < -0.3 is 9.47 Å². The van der Waals surface area contributed by atoms with Crippen LogP contribution in [0.25, 0.3) is 11.1 Å². The summed E-state index contributed by atoms with van der Waals surface area (Å²) < 4.78 is 71.1. The van der Waals surface area contributed by atoms with Crippen molar-refractivity contribution in [3.63, 3.8) is 0 Å². The van der Waals surface area contributed by atoms with E-state index in [9.17, 15) is 22.2 Å². The molecule has 0 spiro atoms. The van der Waals surface area contributed by atoms with Crippen molar-refractivity contribution >= 4 is 28.3 Å². The molecule has 192 valence electrons. The minimum Gasteiger partial charge on any atom is -0.335 e. The highest BCUT2D eigenvalue weighted by molar-refractivity contribution is 7.86. The second-order valence-corrected chi connectivity index (χ2v) is 12.1. The van der Waals surface area contributed by atoms with Gasteiger partial charge in [-0.1, -0.05) is 41.9 Å². The second-order valence-electron chi connectivity index (χ2n) is 9.43. The molecule has 3 aromatic rings. The van der Waals surface area contributed by atoms with Gasteiger partial charge in [0, 0.05) is 52.3 Å². The van der Waals surface area contributed by atoms with E-state index in [1.54, 1.807) is 44.2 Å². The number of carbonyl (C=O) groups excluding carboxylic acids is 1. The van der Waals surface area contributed by atoms with Crippen LogP contribution in [-0.2, 0) is 23.5 Å². The van der Waals surface area contributed by atoms with Crippen molar-refractivity contribution in [3.05, 3.63) is 81.9 Å². The average molecular weight is 541 g/mol. The summed E-state index contributed by atoms with van der Waals surface area (Å²) >= 11 is 5.90. The Morgan fingerprint density at radius 2 is 1.81 bits per heavy atom. The highest BCUT2D eigenvalue weighted by atomic mass is 35.5. The lowest BCUT2D eigenvalue weighted by Crippen LogP contribution is -2.52. The Kier molecular flexibility index (Phi) is 7.09. The first-order valence-electron chi connectivity index (χ1n) is 11.3. The van der Waals surface area contributed by atoms with Crippen molar-refractivity contribution in [2.45, 2.75) is 38.2 Å². The van der Waals surface area contributed by atoms with Gasteiger partial charge in [-0.3, -0.25) is 9.00 Å². The number of halogens is 5. The zero-order chi connectivity index (χ0) is 26.4. The van der Waals surface area contributed by atoms with Crippen LogP contribution in [0.15, 0.2) is 48.5 Å². The van der Waals surface area contributed by atoms with Gasteiger partial charge in [0.05, 0.1) is 4.75 Å². The molecule has 0 aliphatic carbocycles. The van der Waals surface area contributed by atoms with E-state index >= 15 is 4.39 Å². The second kappa shape index (κ2) is 9.67. The number of nitrogens with zero attached hydrogens (tertiary/aromatic N) is 2. The first-order valence-corrected chi connectivity index (χ1v) is 13.0. The number of aromatic nitrogens is 1. The van der Waals surface area contributed by atoms with Crippen molar-refractivity contribution in [2.75, 3.05) is 18.8 Å². The van der Waals surface area contributed by atoms with Crippen molar-refractivity contribution < 1.29 is 26.6 Å². The van der Waals surface area contributed by atoms with Crippen LogP contribution in [0.4, 0.5) is 17.6 Å². The zero-order valence-corrected chi connectivity index (χ0v) is 21.5. The van der Waals surface area contributed by atoms with Gasteiger partial charge in [-0.2, -0.15) is 13.2 Å². The molecule has 1 atom stereocenters. The summed E-state index contributed by atoms with van der Waals surface area (Å²) in [6, 6.07) is 12.1. The Morgan fingerprint density at radius 3 is 2.39 bits per heavy atom. The highest BCUT2D eigenvalue weighted by Crippen LogP contribution is 2.43. The van der Waals surface area contributed by atoms with Crippen LogP contribution in [0.3, 0.4) is 0 Å². The largest absolute Gasteiger partial charge is 0.431 e. The smallest absolute Gasteiger partial charge is 0.335 e. The Hall–Kier alpha value is -2.65. The lowest BCUT2D eigenvalue weighted by molar-refractivity contribution is -0.143. The van der Waals surface area contributed by atoms with E-state index in [1.165, 1.54) is 24.0 Å². The summed E-state index contributed by atoms with van der Waals surface area (Å²) in [6.45, 7) is 4.72. The van der Waals surface area contributed by atoms with E-state index in [2.05, 4.69) is 0 Å². The molecule has 0 N–H and O–H groups in total. The average Bonchev–Trinajstić information content (AvgIpc) is 3.07. The summed E-state index contributed by atoms with van der Waals surface area (Å²) in [7, 11) is -1.20. The molecule has 4 nitrogen and oxygen atoms in total. The topological polar surface area (TPSA) is 42.3 Å². The lowest BCUT2D eigenvalue weighted by Gasteiger charge is -2.37. The van der Waals surface area contributed by atoms with E-state index in [0.717, 1.165) is 10.6 Å². The minimum absolute atomic E-state index is 0.0850. The van der Waals surface area contributed by atoms with Gasteiger partial charge in [0.1, 0.15) is 17.2 Å². The molecule has 36 heavy (non-hydrogen) atoms. The first kappa shape index (κ1) is 26.4. The fourth-order valence-electron chi connectivity index (χ4n) is 4.68. The third-order valence-corrected chi connectivity index (χ3v) is 8.53. The van der Waals surface area contributed by atoms with Crippen LogP contribution in [0.1, 0.15) is 41.2 Å². The maximum absolute atomic E-state index is 15.1. The predicted molar refractivity (Wildman–Crippen MR) is 133 cm³/mol. The van der Waals surface area contributed by atoms with Gasteiger partial charge in [-0.05, 0) is 50.1 Å². The molecule has 0 radical (unpaired) electrons. The SMILES string of the molecule is Cc1c(-c2ccc(Cl)cc2F)c(C(=O)N2CCS(=O)C(C)(C)C2)n(Cc2ccccc2)c1C(F)(F)F. The summed E-state index contributed by atoms with van der Waals surface area (Å²) in [5.74, 6) is -1.29. The predicted octanol–water partition coefficient (Wildman–Crippen LogP) is 6.31. The molecule has 1 aromatic heterocycles. The Balaban J connectivity index is 2.00. The van der Waals surface area contributed by atoms with E-state index in [-0.39, 0.29) is 52.8 Å². The zero-order valence-electron chi connectivity index (χ0n) is 20.0. The molecule has 1 aliphatic heterocycles. The number of rotatable bonds is 4. The van der Waals surface area contributed by atoms with Crippen LogP contribution in [0.2, 0.25) is 5.02 Å². The Bertz CT molecular complexity index is 1340. The normalized spacial score (nSPS) is 17.9. The molecular weight excluding hydrogens is 516 g/mol. The van der Waals surface area contributed by atoms with E-state index in [1.807, 2.05) is 0 Å². The molecule has 0 saturated carbocycles. The van der Waals surface area contributed by atoms with Crippen LogP contribution < -0.4 is 0 Å². The number of alkyl halides is 3. The molecular formula is C26H25ClF4N2O2S.